The molecule has 0 spiro atoms. The molecule has 0 saturated carbocycles. The van der Waals surface area contributed by atoms with Crippen LogP contribution in [0.3, 0.4) is 0 Å². The Morgan fingerprint density at radius 1 is 0.943 bits per heavy atom. The van der Waals surface area contributed by atoms with Crippen LogP contribution < -0.4 is 10.1 Å². The number of hydrogen-bond donors (Lipinski definition) is 1. The molecule has 0 aliphatic rings. The topological polar surface area (TPSA) is 58.6 Å². The molecule has 3 aromatic rings. The van der Waals surface area contributed by atoms with Gasteiger partial charge in [-0.1, -0.05) is 67.1 Å². The zero-order valence-corrected chi connectivity index (χ0v) is 20.5. The smallest absolute Gasteiger partial charge is 0.261 e. The van der Waals surface area contributed by atoms with Crippen LogP contribution in [0.4, 0.5) is 4.39 Å². The van der Waals surface area contributed by atoms with Crippen molar-refractivity contribution in [3.8, 4) is 5.75 Å². The Kier molecular flexibility index (Phi) is 9.41. The van der Waals surface area contributed by atoms with Gasteiger partial charge in [-0.05, 0) is 55.7 Å². The van der Waals surface area contributed by atoms with Crippen LogP contribution in [0.1, 0.15) is 37.0 Å². The van der Waals surface area contributed by atoms with E-state index in [-0.39, 0.29) is 36.8 Å². The minimum atomic E-state index is -0.725. The van der Waals surface area contributed by atoms with Gasteiger partial charge < -0.3 is 15.0 Å². The largest absolute Gasteiger partial charge is 0.484 e. The molecule has 2 atom stereocenters. The number of carbonyl (C=O) groups excluding carboxylic acids is 2. The third kappa shape index (κ3) is 7.95. The van der Waals surface area contributed by atoms with Crippen LogP contribution in [0.5, 0.6) is 5.75 Å². The number of nitrogens with zero attached hydrogens (tertiary/aromatic N) is 1. The van der Waals surface area contributed by atoms with E-state index in [9.17, 15) is 14.0 Å². The van der Waals surface area contributed by atoms with Crippen LogP contribution in [0.25, 0.3) is 0 Å². The lowest BCUT2D eigenvalue weighted by Crippen LogP contribution is -2.53. The van der Waals surface area contributed by atoms with Gasteiger partial charge in [-0.15, -0.1) is 0 Å². The van der Waals surface area contributed by atoms with Crippen molar-refractivity contribution in [2.45, 2.75) is 52.2 Å². The number of benzene rings is 3. The lowest BCUT2D eigenvalue weighted by molar-refractivity contribution is -0.143. The zero-order chi connectivity index (χ0) is 25.2. The normalized spacial score (nSPS) is 12.5. The second-order valence-electron chi connectivity index (χ2n) is 8.77. The van der Waals surface area contributed by atoms with Crippen molar-refractivity contribution in [3.05, 3.63) is 101 Å². The van der Waals surface area contributed by atoms with Gasteiger partial charge in [-0.25, -0.2) is 4.39 Å². The second kappa shape index (κ2) is 12.7. The maximum Gasteiger partial charge on any atom is 0.261 e. The van der Waals surface area contributed by atoms with Crippen molar-refractivity contribution in [1.29, 1.82) is 0 Å². The van der Waals surface area contributed by atoms with Gasteiger partial charge in [-0.3, -0.25) is 9.59 Å². The fraction of sp³-hybridized carbons (Fsp3) is 0.310. The molecule has 0 fully saturated rings. The number of rotatable bonds is 11. The molecule has 0 heterocycles. The average Bonchev–Trinajstić information content (AvgIpc) is 2.87. The van der Waals surface area contributed by atoms with Gasteiger partial charge in [0.15, 0.2) is 6.61 Å². The molecule has 35 heavy (non-hydrogen) atoms. The molecule has 5 nitrogen and oxygen atoms in total. The molecular formula is C29H33FN2O3. The third-order valence-corrected chi connectivity index (χ3v) is 5.92. The molecule has 0 saturated heterocycles. The van der Waals surface area contributed by atoms with Gasteiger partial charge >= 0.3 is 0 Å². The monoisotopic (exact) mass is 476 g/mol. The van der Waals surface area contributed by atoms with Crippen LogP contribution in [0.2, 0.25) is 0 Å². The average molecular weight is 477 g/mol. The number of nitrogens with one attached hydrogen (secondary N) is 1. The van der Waals surface area contributed by atoms with Crippen molar-refractivity contribution in [2.24, 2.45) is 0 Å². The number of ether oxygens (including phenoxy) is 1. The first-order valence-electron chi connectivity index (χ1n) is 11.9. The van der Waals surface area contributed by atoms with Crippen LogP contribution >= 0.6 is 0 Å². The van der Waals surface area contributed by atoms with E-state index in [0.717, 1.165) is 23.1 Å². The van der Waals surface area contributed by atoms with E-state index in [1.54, 1.807) is 4.90 Å². The Hall–Kier alpha value is -3.67. The van der Waals surface area contributed by atoms with Crippen LogP contribution in [-0.2, 0) is 22.6 Å². The second-order valence-corrected chi connectivity index (χ2v) is 8.77. The molecule has 2 amide bonds. The molecule has 0 aliphatic carbocycles. The summed E-state index contributed by atoms with van der Waals surface area (Å²) in [5.74, 6) is -0.520. The Balaban J connectivity index is 1.89. The summed E-state index contributed by atoms with van der Waals surface area (Å²) in [4.78, 5) is 28.5. The first kappa shape index (κ1) is 25.9. The standard InChI is InChI=1S/C29H33FN2O3/c1-4-22(3)31-29(34)27(18-23-8-6-5-7-9-23)32(19-24-12-10-21(2)11-13-24)28(33)20-35-26-16-14-25(30)15-17-26/h5-17,22,27H,4,18-20H2,1-3H3,(H,31,34). The Morgan fingerprint density at radius 2 is 1.60 bits per heavy atom. The number of aryl methyl sites for hydroxylation is 1. The molecule has 0 radical (unpaired) electrons. The highest BCUT2D eigenvalue weighted by Gasteiger charge is 2.31. The summed E-state index contributed by atoms with van der Waals surface area (Å²) in [6.45, 7) is 5.95. The lowest BCUT2D eigenvalue weighted by atomic mass is 10.0. The zero-order valence-electron chi connectivity index (χ0n) is 20.5. The van der Waals surface area contributed by atoms with Crippen LogP contribution in [0.15, 0.2) is 78.9 Å². The molecule has 0 bridgehead atoms. The molecule has 0 aliphatic heterocycles. The van der Waals surface area contributed by atoms with E-state index >= 15 is 0 Å². The Morgan fingerprint density at radius 3 is 2.23 bits per heavy atom. The predicted octanol–water partition coefficient (Wildman–Crippen LogP) is 5.07. The summed E-state index contributed by atoms with van der Waals surface area (Å²) in [7, 11) is 0. The van der Waals surface area contributed by atoms with Gasteiger partial charge in [0, 0.05) is 19.0 Å². The van der Waals surface area contributed by atoms with Gasteiger partial charge in [0.05, 0.1) is 0 Å². The van der Waals surface area contributed by atoms with Crippen LogP contribution in [0, 0.1) is 12.7 Å². The van der Waals surface area contributed by atoms with Gasteiger partial charge in [0.1, 0.15) is 17.6 Å². The molecule has 2 unspecified atom stereocenters. The quantitative estimate of drug-likeness (QED) is 0.421. The van der Waals surface area contributed by atoms with Crippen molar-refractivity contribution in [3.63, 3.8) is 0 Å². The first-order chi connectivity index (χ1) is 16.9. The lowest BCUT2D eigenvalue weighted by Gasteiger charge is -2.32. The Bertz CT molecular complexity index is 1090. The van der Waals surface area contributed by atoms with E-state index in [0.29, 0.717) is 12.2 Å². The molecule has 3 aromatic carbocycles. The predicted molar refractivity (Wildman–Crippen MR) is 135 cm³/mol. The number of halogens is 1. The summed E-state index contributed by atoms with van der Waals surface area (Å²) in [6, 6.07) is 22.3. The van der Waals surface area contributed by atoms with Gasteiger partial charge in [0.2, 0.25) is 5.91 Å². The van der Waals surface area contributed by atoms with Gasteiger partial charge in [0.25, 0.3) is 5.91 Å². The van der Waals surface area contributed by atoms with Gasteiger partial charge in [-0.2, -0.15) is 0 Å². The Labute approximate surface area is 206 Å². The summed E-state index contributed by atoms with van der Waals surface area (Å²) in [6.07, 6.45) is 1.15. The van der Waals surface area contributed by atoms with Crippen molar-refractivity contribution < 1.29 is 18.7 Å². The van der Waals surface area contributed by atoms with Crippen molar-refractivity contribution >= 4 is 11.8 Å². The maximum atomic E-state index is 13.5. The van der Waals surface area contributed by atoms with E-state index < -0.39 is 6.04 Å². The summed E-state index contributed by atoms with van der Waals surface area (Å²) >= 11 is 0. The summed E-state index contributed by atoms with van der Waals surface area (Å²) in [5.41, 5.74) is 2.99. The van der Waals surface area contributed by atoms with Crippen molar-refractivity contribution in [1.82, 2.24) is 10.2 Å². The van der Waals surface area contributed by atoms with E-state index in [4.69, 9.17) is 4.74 Å². The minimum Gasteiger partial charge on any atom is -0.484 e. The van der Waals surface area contributed by atoms with E-state index in [2.05, 4.69) is 5.32 Å². The molecule has 3 rings (SSSR count). The minimum absolute atomic E-state index is 0.0208. The van der Waals surface area contributed by atoms with E-state index in [1.165, 1.54) is 24.3 Å². The number of carbonyl (C=O) groups is 2. The number of amides is 2. The molecule has 1 N–H and O–H groups in total. The van der Waals surface area contributed by atoms with Crippen molar-refractivity contribution in [2.75, 3.05) is 6.61 Å². The number of hydrogen-bond acceptors (Lipinski definition) is 3. The maximum absolute atomic E-state index is 13.5. The molecule has 0 aromatic heterocycles. The molecular weight excluding hydrogens is 443 g/mol. The SMILES string of the molecule is CCC(C)NC(=O)C(Cc1ccccc1)N(Cc1ccc(C)cc1)C(=O)COc1ccc(F)cc1. The van der Waals surface area contributed by atoms with E-state index in [1.807, 2.05) is 75.4 Å². The molecule has 184 valence electrons. The summed E-state index contributed by atoms with van der Waals surface area (Å²) in [5, 5.41) is 3.04. The first-order valence-corrected chi connectivity index (χ1v) is 11.9. The molecule has 6 heteroatoms. The summed E-state index contributed by atoms with van der Waals surface area (Å²) < 4.78 is 18.9. The fourth-order valence-electron chi connectivity index (χ4n) is 3.64. The highest BCUT2D eigenvalue weighted by Crippen LogP contribution is 2.17. The third-order valence-electron chi connectivity index (χ3n) is 5.92. The van der Waals surface area contributed by atoms with Crippen LogP contribution in [-0.4, -0.2) is 35.4 Å². The highest BCUT2D eigenvalue weighted by atomic mass is 19.1. The fourth-order valence-corrected chi connectivity index (χ4v) is 3.64. The highest BCUT2D eigenvalue weighted by molar-refractivity contribution is 5.88.